The van der Waals surface area contributed by atoms with E-state index in [4.69, 9.17) is 23.2 Å². The quantitative estimate of drug-likeness (QED) is 0.866. The van der Waals surface area contributed by atoms with Crippen LogP contribution in [0.5, 0.6) is 0 Å². The van der Waals surface area contributed by atoms with Gasteiger partial charge in [-0.1, -0.05) is 29.3 Å². The number of halogens is 2. The number of thiophene rings is 1. The third-order valence-electron chi connectivity index (χ3n) is 3.17. The standard InChI is InChI=1S/C15H16Cl2N2OS/c1-10(19(2)9-13-6-7-14(17)21-13)15(20)18-12-5-3-4-11(16)8-12/h3-8,10H,9H2,1-2H3,(H,18,20)/t10-/m1/s1. The summed E-state index contributed by atoms with van der Waals surface area (Å²) in [6.45, 7) is 2.55. The lowest BCUT2D eigenvalue weighted by Gasteiger charge is -2.23. The summed E-state index contributed by atoms with van der Waals surface area (Å²) in [5.41, 5.74) is 0.701. The van der Waals surface area contributed by atoms with Crippen LogP contribution in [-0.4, -0.2) is 23.9 Å². The average molecular weight is 343 g/mol. The number of anilines is 1. The molecule has 0 spiro atoms. The third kappa shape index (κ3) is 4.71. The minimum Gasteiger partial charge on any atom is -0.325 e. The van der Waals surface area contributed by atoms with Crippen LogP contribution < -0.4 is 5.32 Å². The van der Waals surface area contributed by atoms with Crippen LogP contribution in [0.3, 0.4) is 0 Å². The number of amides is 1. The number of likely N-dealkylation sites (N-methyl/N-ethyl adjacent to an activating group) is 1. The predicted octanol–water partition coefficient (Wildman–Crippen LogP) is 4.51. The number of carbonyl (C=O) groups is 1. The maximum Gasteiger partial charge on any atom is 0.241 e. The Morgan fingerprint density at radius 3 is 2.71 bits per heavy atom. The normalized spacial score (nSPS) is 12.4. The van der Waals surface area contributed by atoms with Crippen LogP contribution in [0, 0.1) is 0 Å². The third-order valence-corrected chi connectivity index (χ3v) is 4.62. The van der Waals surface area contributed by atoms with Gasteiger partial charge in [0.05, 0.1) is 10.4 Å². The van der Waals surface area contributed by atoms with Gasteiger partial charge in [0.25, 0.3) is 0 Å². The zero-order valence-corrected chi connectivity index (χ0v) is 14.1. The second-order valence-electron chi connectivity index (χ2n) is 4.80. The van der Waals surface area contributed by atoms with E-state index >= 15 is 0 Å². The number of carbonyl (C=O) groups excluding carboxylic acids is 1. The predicted molar refractivity (Wildman–Crippen MR) is 90.3 cm³/mol. The number of rotatable bonds is 5. The van der Waals surface area contributed by atoms with Crippen molar-refractivity contribution in [3.8, 4) is 0 Å². The summed E-state index contributed by atoms with van der Waals surface area (Å²) in [7, 11) is 1.91. The van der Waals surface area contributed by atoms with E-state index in [9.17, 15) is 4.79 Å². The number of benzene rings is 1. The van der Waals surface area contributed by atoms with E-state index in [1.807, 2.05) is 37.1 Å². The van der Waals surface area contributed by atoms with Crippen molar-refractivity contribution < 1.29 is 4.79 Å². The summed E-state index contributed by atoms with van der Waals surface area (Å²) in [6, 6.07) is 10.7. The maximum absolute atomic E-state index is 12.2. The van der Waals surface area contributed by atoms with Gasteiger partial charge in [0.2, 0.25) is 5.91 Å². The first-order valence-corrected chi connectivity index (χ1v) is 8.04. The van der Waals surface area contributed by atoms with Gasteiger partial charge in [0.15, 0.2) is 0 Å². The highest BCUT2D eigenvalue weighted by molar-refractivity contribution is 7.16. The Labute approximate surface area is 138 Å². The van der Waals surface area contributed by atoms with E-state index < -0.39 is 0 Å². The highest BCUT2D eigenvalue weighted by atomic mass is 35.5. The van der Waals surface area contributed by atoms with Crippen LogP contribution in [0.25, 0.3) is 0 Å². The van der Waals surface area contributed by atoms with Crippen molar-refractivity contribution in [3.63, 3.8) is 0 Å². The largest absolute Gasteiger partial charge is 0.325 e. The second kappa shape index (κ2) is 7.27. The molecule has 3 nitrogen and oxygen atoms in total. The zero-order chi connectivity index (χ0) is 15.4. The van der Waals surface area contributed by atoms with Gasteiger partial charge in [-0.3, -0.25) is 9.69 Å². The molecule has 0 aliphatic heterocycles. The van der Waals surface area contributed by atoms with E-state index in [0.717, 1.165) is 9.21 Å². The molecule has 0 radical (unpaired) electrons. The lowest BCUT2D eigenvalue weighted by atomic mass is 10.2. The van der Waals surface area contributed by atoms with Crippen molar-refractivity contribution in [1.82, 2.24) is 4.90 Å². The molecule has 1 amide bonds. The fraction of sp³-hybridized carbons (Fsp3) is 0.267. The Morgan fingerprint density at radius 2 is 2.10 bits per heavy atom. The van der Waals surface area contributed by atoms with Crippen molar-refractivity contribution in [2.45, 2.75) is 19.5 Å². The molecule has 1 N–H and O–H groups in total. The molecule has 6 heteroatoms. The van der Waals surface area contributed by atoms with Crippen molar-refractivity contribution in [2.24, 2.45) is 0 Å². The Morgan fingerprint density at radius 1 is 1.33 bits per heavy atom. The molecular weight excluding hydrogens is 327 g/mol. The molecule has 21 heavy (non-hydrogen) atoms. The van der Waals surface area contributed by atoms with E-state index in [2.05, 4.69) is 5.32 Å². The first-order chi connectivity index (χ1) is 9.95. The summed E-state index contributed by atoms with van der Waals surface area (Å²) in [4.78, 5) is 15.3. The fourth-order valence-corrected chi connectivity index (χ4v) is 3.17. The summed E-state index contributed by atoms with van der Waals surface area (Å²) < 4.78 is 0.759. The van der Waals surface area contributed by atoms with E-state index in [0.29, 0.717) is 17.3 Å². The van der Waals surface area contributed by atoms with Gasteiger partial charge >= 0.3 is 0 Å². The van der Waals surface area contributed by atoms with E-state index in [1.165, 1.54) is 11.3 Å². The Kier molecular flexibility index (Phi) is 5.65. The molecule has 0 aliphatic rings. The van der Waals surface area contributed by atoms with Crippen LogP contribution >= 0.6 is 34.5 Å². The van der Waals surface area contributed by atoms with Crippen LogP contribution in [0.1, 0.15) is 11.8 Å². The van der Waals surface area contributed by atoms with Gasteiger partial charge in [-0.05, 0) is 44.3 Å². The van der Waals surface area contributed by atoms with Crippen molar-refractivity contribution in [2.75, 3.05) is 12.4 Å². The summed E-state index contributed by atoms with van der Waals surface area (Å²) in [5.74, 6) is -0.0672. The fourth-order valence-electron chi connectivity index (χ4n) is 1.83. The van der Waals surface area contributed by atoms with Gasteiger partial charge in [-0.2, -0.15) is 0 Å². The minimum atomic E-state index is -0.259. The van der Waals surface area contributed by atoms with Gasteiger partial charge < -0.3 is 5.32 Å². The SMILES string of the molecule is C[C@H](C(=O)Nc1cccc(Cl)c1)N(C)Cc1ccc(Cl)s1. The smallest absolute Gasteiger partial charge is 0.241 e. The lowest BCUT2D eigenvalue weighted by molar-refractivity contribution is -0.120. The Hall–Kier alpha value is -1.07. The average Bonchev–Trinajstić information content (AvgIpc) is 2.83. The van der Waals surface area contributed by atoms with Gasteiger partial charge in [0, 0.05) is 22.1 Å². The molecule has 1 aromatic heterocycles. The van der Waals surface area contributed by atoms with Crippen molar-refractivity contribution in [3.05, 3.63) is 50.6 Å². The summed E-state index contributed by atoms with van der Waals surface area (Å²) in [6.07, 6.45) is 0. The van der Waals surface area contributed by atoms with E-state index in [-0.39, 0.29) is 11.9 Å². The molecule has 2 aromatic rings. The Balaban J connectivity index is 1.95. The molecule has 1 atom stereocenters. The minimum absolute atomic E-state index is 0.0672. The summed E-state index contributed by atoms with van der Waals surface area (Å²) in [5, 5.41) is 3.47. The molecule has 0 bridgehead atoms. The number of nitrogens with zero attached hydrogens (tertiary/aromatic N) is 1. The summed E-state index contributed by atoms with van der Waals surface area (Å²) >= 11 is 13.3. The molecule has 2 rings (SSSR count). The highest BCUT2D eigenvalue weighted by Gasteiger charge is 2.18. The first-order valence-electron chi connectivity index (χ1n) is 6.46. The topological polar surface area (TPSA) is 32.3 Å². The Bertz CT molecular complexity index is 630. The van der Waals surface area contributed by atoms with Crippen LogP contribution in [0.15, 0.2) is 36.4 Å². The van der Waals surface area contributed by atoms with Crippen LogP contribution in [-0.2, 0) is 11.3 Å². The van der Waals surface area contributed by atoms with Gasteiger partial charge in [-0.25, -0.2) is 0 Å². The molecular formula is C15H16Cl2N2OS. The van der Waals surface area contributed by atoms with Gasteiger partial charge in [-0.15, -0.1) is 11.3 Å². The lowest BCUT2D eigenvalue weighted by Crippen LogP contribution is -2.39. The molecule has 0 saturated heterocycles. The molecule has 1 heterocycles. The second-order valence-corrected chi connectivity index (χ2v) is 7.03. The number of hydrogen-bond acceptors (Lipinski definition) is 3. The highest BCUT2D eigenvalue weighted by Crippen LogP contribution is 2.23. The molecule has 0 fully saturated rings. The van der Waals surface area contributed by atoms with Crippen molar-refractivity contribution >= 4 is 46.1 Å². The van der Waals surface area contributed by atoms with Crippen LogP contribution in [0.2, 0.25) is 9.36 Å². The monoisotopic (exact) mass is 342 g/mol. The van der Waals surface area contributed by atoms with Crippen molar-refractivity contribution in [1.29, 1.82) is 0 Å². The molecule has 0 unspecified atom stereocenters. The van der Waals surface area contributed by atoms with Crippen LogP contribution in [0.4, 0.5) is 5.69 Å². The molecule has 0 saturated carbocycles. The molecule has 1 aromatic carbocycles. The molecule has 0 aliphatic carbocycles. The van der Waals surface area contributed by atoms with E-state index in [1.54, 1.807) is 18.2 Å². The number of hydrogen-bond donors (Lipinski definition) is 1. The zero-order valence-electron chi connectivity index (χ0n) is 11.8. The maximum atomic E-state index is 12.2. The molecule has 112 valence electrons. The number of nitrogens with one attached hydrogen (secondary N) is 1. The van der Waals surface area contributed by atoms with Gasteiger partial charge in [0.1, 0.15) is 0 Å². The first kappa shape index (κ1) is 16.3.